The summed E-state index contributed by atoms with van der Waals surface area (Å²) in [5, 5.41) is 20.8. The second-order valence-electron chi connectivity index (χ2n) is 7.19. The number of aromatic amines is 1. The molecule has 0 spiro atoms. The van der Waals surface area contributed by atoms with E-state index >= 15 is 0 Å². The quantitative estimate of drug-likeness (QED) is 0.407. The highest BCUT2D eigenvalue weighted by molar-refractivity contribution is 6.07. The number of carbonyl (C=O) groups excluding carboxylic acids is 1. The van der Waals surface area contributed by atoms with Crippen molar-refractivity contribution in [2.75, 3.05) is 11.9 Å². The minimum Gasteiger partial charge on any atom is -0.484 e. The van der Waals surface area contributed by atoms with Gasteiger partial charge >= 0.3 is 6.18 Å². The number of hydrogen-bond donors (Lipinski definition) is 2. The molecule has 166 valence electrons. The topological polar surface area (TPSA) is 123 Å². The average Bonchev–Trinajstić information content (AvgIpc) is 3.49. The van der Waals surface area contributed by atoms with E-state index in [2.05, 4.69) is 25.2 Å². The summed E-state index contributed by atoms with van der Waals surface area (Å²) in [7, 11) is 0. The van der Waals surface area contributed by atoms with Crippen LogP contribution in [0, 0.1) is 10.1 Å². The average molecular weight is 447 g/mol. The van der Waals surface area contributed by atoms with Crippen molar-refractivity contribution in [2.24, 2.45) is 0 Å². The van der Waals surface area contributed by atoms with E-state index in [4.69, 9.17) is 0 Å². The first kappa shape index (κ1) is 21.3. The molecule has 0 saturated heterocycles. The van der Waals surface area contributed by atoms with Gasteiger partial charge in [-0.15, -0.1) is 0 Å². The van der Waals surface area contributed by atoms with Crippen LogP contribution in [-0.4, -0.2) is 38.8 Å². The Hall–Kier alpha value is -3.96. The highest BCUT2D eigenvalue weighted by Gasteiger charge is 2.29. The lowest BCUT2D eigenvalue weighted by Crippen LogP contribution is -2.20. The molecule has 0 aliphatic heterocycles. The molecule has 1 aromatic heterocycles. The molecule has 1 saturated carbocycles. The molecule has 1 fully saturated rings. The fraction of sp³-hybridized carbons (Fsp3) is 0.250. The van der Waals surface area contributed by atoms with Crippen LogP contribution in [0.5, 0.6) is 5.75 Å². The second-order valence-corrected chi connectivity index (χ2v) is 7.19. The summed E-state index contributed by atoms with van der Waals surface area (Å²) in [5.74, 6) is 0.578. The van der Waals surface area contributed by atoms with Gasteiger partial charge in [0.1, 0.15) is 17.1 Å². The smallest absolute Gasteiger partial charge is 0.422 e. The number of nitrogens with one attached hydrogen (secondary N) is 2. The Morgan fingerprint density at radius 2 is 1.94 bits per heavy atom. The third kappa shape index (κ3) is 5.02. The van der Waals surface area contributed by atoms with E-state index in [0.29, 0.717) is 23.0 Å². The van der Waals surface area contributed by atoms with Gasteiger partial charge in [-0.05, 0) is 49.2 Å². The molecule has 0 unspecified atom stereocenters. The number of halogens is 3. The fourth-order valence-electron chi connectivity index (χ4n) is 2.96. The summed E-state index contributed by atoms with van der Waals surface area (Å²) < 4.78 is 41.7. The molecule has 4 rings (SSSR count). The molecule has 2 aromatic carbocycles. The highest BCUT2D eigenvalue weighted by atomic mass is 19.4. The maximum absolute atomic E-state index is 12.6. The maximum Gasteiger partial charge on any atom is 0.422 e. The summed E-state index contributed by atoms with van der Waals surface area (Å²) in [6.45, 7) is -1.59. The molecule has 3 aromatic rings. The van der Waals surface area contributed by atoms with Crippen molar-refractivity contribution in [2.45, 2.75) is 24.9 Å². The monoisotopic (exact) mass is 447 g/mol. The summed E-state index contributed by atoms with van der Waals surface area (Å²) in [5.41, 5.74) is 0.0425. The molecule has 1 heterocycles. The minimum atomic E-state index is -4.59. The number of alkyl halides is 3. The van der Waals surface area contributed by atoms with Crippen molar-refractivity contribution < 1.29 is 27.6 Å². The molecule has 9 nitrogen and oxygen atoms in total. The molecule has 0 atom stereocenters. The van der Waals surface area contributed by atoms with Gasteiger partial charge in [0.25, 0.3) is 11.6 Å². The van der Waals surface area contributed by atoms with Crippen molar-refractivity contribution in [1.29, 1.82) is 0 Å². The number of nitrogens with zero attached hydrogens (tertiary/aromatic N) is 3. The molecule has 1 aliphatic rings. The SMILES string of the molecule is O=C(Nc1ccc(-c2n[nH]c(C3CC3)n2)cc1)c1cc(OCC(F)(F)F)ccc1[N+](=O)[O-]. The maximum atomic E-state index is 12.6. The first-order chi connectivity index (χ1) is 15.2. The van der Waals surface area contributed by atoms with Gasteiger partial charge in [0.05, 0.1) is 4.92 Å². The first-order valence-electron chi connectivity index (χ1n) is 9.52. The van der Waals surface area contributed by atoms with Gasteiger partial charge in [0.2, 0.25) is 0 Å². The molecule has 1 aliphatic carbocycles. The second kappa shape index (κ2) is 8.29. The van der Waals surface area contributed by atoms with E-state index < -0.39 is 34.9 Å². The standard InChI is InChI=1S/C20H16F3N5O4/c21-20(22,23)10-32-14-7-8-16(28(30)31)15(9-14)19(29)24-13-5-3-12(4-6-13)18-25-17(26-27-18)11-1-2-11/h3-9,11H,1-2,10H2,(H,24,29)(H,25,26,27). The highest BCUT2D eigenvalue weighted by Crippen LogP contribution is 2.38. The molecule has 12 heteroatoms. The molecule has 32 heavy (non-hydrogen) atoms. The van der Waals surface area contributed by atoms with Crippen LogP contribution in [-0.2, 0) is 0 Å². The van der Waals surface area contributed by atoms with Crippen LogP contribution in [0.15, 0.2) is 42.5 Å². The van der Waals surface area contributed by atoms with Gasteiger partial charge in [-0.25, -0.2) is 4.98 Å². The van der Waals surface area contributed by atoms with Gasteiger partial charge < -0.3 is 10.1 Å². The summed E-state index contributed by atoms with van der Waals surface area (Å²) in [6.07, 6.45) is -2.43. The number of nitro groups is 1. The van der Waals surface area contributed by atoms with Gasteiger partial charge in [0, 0.05) is 23.2 Å². The normalized spacial score (nSPS) is 13.6. The van der Waals surface area contributed by atoms with E-state index in [-0.39, 0.29) is 5.75 Å². The third-order valence-corrected chi connectivity index (χ3v) is 4.68. The Morgan fingerprint density at radius 1 is 1.22 bits per heavy atom. The van der Waals surface area contributed by atoms with Crippen molar-refractivity contribution in [3.8, 4) is 17.1 Å². The van der Waals surface area contributed by atoms with Crippen LogP contribution in [0.2, 0.25) is 0 Å². The Kier molecular flexibility index (Phi) is 5.51. The zero-order valence-corrected chi connectivity index (χ0v) is 16.3. The lowest BCUT2D eigenvalue weighted by Gasteiger charge is -2.11. The largest absolute Gasteiger partial charge is 0.484 e. The van der Waals surface area contributed by atoms with Gasteiger partial charge in [-0.2, -0.15) is 18.3 Å². The van der Waals surface area contributed by atoms with Crippen LogP contribution in [0.25, 0.3) is 11.4 Å². The Balaban J connectivity index is 1.50. The Labute approximate surface area is 178 Å². The van der Waals surface area contributed by atoms with Crippen molar-refractivity contribution in [3.05, 3.63) is 64.0 Å². The summed E-state index contributed by atoms with van der Waals surface area (Å²) in [6, 6.07) is 9.30. The molecule has 0 bridgehead atoms. The number of carbonyl (C=O) groups is 1. The van der Waals surface area contributed by atoms with Crippen molar-refractivity contribution >= 4 is 17.3 Å². The van der Waals surface area contributed by atoms with Gasteiger partial charge in [-0.3, -0.25) is 20.0 Å². The zero-order valence-electron chi connectivity index (χ0n) is 16.3. The number of anilines is 1. The molecule has 2 N–H and O–H groups in total. The molecular formula is C20H16F3N5O4. The van der Waals surface area contributed by atoms with E-state index in [1.807, 2.05) is 0 Å². The number of aromatic nitrogens is 3. The molecule has 0 radical (unpaired) electrons. The van der Waals surface area contributed by atoms with Crippen LogP contribution >= 0.6 is 0 Å². The number of rotatable bonds is 7. The van der Waals surface area contributed by atoms with E-state index in [9.17, 15) is 28.1 Å². The lowest BCUT2D eigenvalue weighted by molar-refractivity contribution is -0.385. The van der Waals surface area contributed by atoms with Crippen molar-refractivity contribution in [1.82, 2.24) is 15.2 Å². The molecule has 1 amide bonds. The zero-order chi connectivity index (χ0) is 22.9. The number of ether oxygens (including phenoxy) is 1. The molecular weight excluding hydrogens is 431 g/mol. The van der Waals surface area contributed by atoms with Crippen LogP contribution < -0.4 is 10.1 Å². The summed E-state index contributed by atoms with van der Waals surface area (Å²) >= 11 is 0. The predicted octanol–water partition coefficient (Wildman–Crippen LogP) is 4.45. The number of nitro benzene ring substituents is 1. The Bertz CT molecular complexity index is 1160. The lowest BCUT2D eigenvalue weighted by atomic mass is 10.1. The number of H-pyrrole nitrogens is 1. The van der Waals surface area contributed by atoms with Crippen LogP contribution in [0.4, 0.5) is 24.5 Å². The Morgan fingerprint density at radius 3 is 2.56 bits per heavy atom. The first-order valence-corrected chi connectivity index (χ1v) is 9.52. The number of hydrogen-bond acceptors (Lipinski definition) is 6. The van der Waals surface area contributed by atoms with Gasteiger partial charge in [0.15, 0.2) is 12.4 Å². The van der Waals surface area contributed by atoms with E-state index in [1.54, 1.807) is 24.3 Å². The van der Waals surface area contributed by atoms with Crippen molar-refractivity contribution in [3.63, 3.8) is 0 Å². The van der Waals surface area contributed by atoms with Gasteiger partial charge in [-0.1, -0.05) is 0 Å². The van der Waals surface area contributed by atoms with E-state index in [1.165, 1.54) is 0 Å². The van der Waals surface area contributed by atoms with Crippen LogP contribution in [0.1, 0.15) is 34.9 Å². The predicted molar refractivity (Wildman–Crippen MR) is 106 cm³/mol. The van der Waals surface area contributed by atoms with Crippen LogP contribution in [0.3, 0.4) is 0 Å². The third-order valence-electron chi connectivity index (χ3n) is 4.68. The number of benzene rings is 2. The summed E-state index contributed by atoms with van der Waals surface area (Å²) in [4.78, 5) is 27.5. The minimum absolute atomic E-state index is 0.315. The van der Waals surface area contributed by atoms with E-state index in [0.717, 1.165) is 36.9 Å². The number of amides is 1. The fourth-order valence-corrected chi connectivity index (χ4v) is 2.96.